The molecule has 3 rings (SSSR count). The number of hydrogen-bond acceptors (Lipinski definition) is 5. The van der Waals surface area contributed by atoms with Crippen LogP contribution in [0.3, 0.4) is 0 Å². The first-order valence-corrected chi connectivity index (χ1v) is 6.96. The molecule has 1 aromatic carbocycles. The largest absolute Gasteiger partial charge is 0.338 e. The van der Waals surface area contributed by atoms with Crippen molar-refractivity contribution in [2.75, 3.05) is 18.0 Å². The number of nitriles is 1. The van der Waals surface area contributed by atoms with Crippen molar-refractivity contribution in [1.29, 1.82) is 5.26 Å². The van der Waals surface area contributed by atoms with Crippen molar-refractivity contribution in [2.45, 2.75) is 25.7 Å². The first kappa shape index (κ1) is 12.7. The molecule has 0 radical (unpaired) electrons. The van der Waals surface area contributed by atoms with Crippen molar-refractivity contribution in [3.63, 3.8) is 0 Å². The maximum Gasteiger partial charge on any atom is 0.266 e. The zero-order chi connectivity index (χ0) is 13.8. The van der Waals surface area contributed by atoms with Crippen molar-refractivity contribution >= 4 is 5.95 Å². The summed E-state index contributed by atoms with van der Waals surface area (Å²) in [6.45, 7) is 1.98. The summed E-state index contributed by atoms with van der Waals surface area (Å²) in [5.74, 6) is 1.18. The summed E-state index contributed by atoms with van der Waals surface area (Å²) in [6.07, 6.45) is 4.91. The number of anilines is 1. The van der Waals surface area contributed by atoms with Crippen LogP contribution in [0.15, 0.2) is 28.8 Å². The first-order chi connectivity index (χ1) is 9.86. The van der Waals surface area contributed by atoms with Crippen LogP contribution in [-0.4, -0.2) is 23.2 Å². The maximum absolute atomic E-state index is 8.79. The Bertz CT molecular complexity index is 604. The van der Waals surface area contributed by atoms with E-state index in [0.29, 0.717) is 17.4 Å². The summed E-state index contributed by atoms with van der Waals surface area (Å²) in [5, 5.41) is 12.9. The number of hydrogen-bond donors (Lipinski definition) is 0. The van der Waals surface area contributed by atoms with Gasteiger partial charge in [0.1, 0.15) is 0 Å². The van der Waals surface area contributed by atoms with E-state index < -0.39 is 0 Å². The second-order valence-corrected chi connectivity index (χ2v) is 4.99. The zero-order valence-electron chi connectivity index (χ0n) is 11.2. The van der Waals surface area contributed by atoms with E-state index in [4.69, 9.17) is 9.78 Å². The van der Waals surface area contributed by atoms with E-state index in [-0.39, 0.29) is 0 Å². The Morgan fingerprint density at radius 1 is 1.05 bits per heavy atom. The fraction of sp³-hybridized carbons (Fsp3) is 0.400. The highest BCUT2D eigenvalue weighted by Gasteiger charge is 2.16. The van der Waals surface area contributed by atoms with Gasteiger partial charge in [0, 0.05) is 18.7 Å². The van der Waals surface area contributed by atoms with Crippen LogP contribution in [-0.2, 0) is 0 Å². The van der Waals surface area contributed by atoms with Gasteiger partial charge in [-0.2, -0.15) is 10.2 Å². The summed E-state index contributed by atoms with van der Waals surface area (Å²) in [5.41, 5.74) is 1.47. The maximum atomic E-state index is 8.79. The summed E-state index contributed by atoms with van der Waals surface area (Å²) in [7, 11) is 0. The van der Waals surface area contributed by atoms with Crippen LogP contribution in [0.1, 0.15) is 31.2 Å². The lowest BCUT2D eigenvalue weighted by Gasteiger charge is -2.16. The number of rotatable bonds is 2. The van der Waals surface area contributed by atoms with Crippen LogP contribution in [0.5, 0.6) is 0 Å². The van der Waals surface area contributed by atoms with Gasteiger partial charge < -0.3 is 9.42 Å². The smallest absolute Gasteiger partial charge is 0.266 e. The van der Waals surface area contributed by atoms with Crippen LogP contribution >= 0.6 is 0 Å². The molecule has 5 nitrogen and oxygen atoms in total. The fourth-order valence-corrected chi connectivity index (χ4v) is 2.42. The molecule has 0 saturated carbocycles. The third-order valence-corrected chi connectivity index (χ3v) is 3.57. The van der Waals surface area contributed by atoms with E-state index in [0.717, 1.165) is 18.7 Å². The highest BCUT2D eigenvalue weighted by Crippen LogP contribution is 2.22. The lowest BCUT2D eigenvalue weighted by Crippen LogP contribution is -2.24. The molecule has 20 heavy (non-hydrogen) atoms. The second kappa shape index (κ2) is 5.74. The molecule has 0 bridgehead atoms. The van der Waals surface area contributed by atoms with Gasteiger partial charge in [-0.25, -0.2) is 0 Å². The van der Waals surface area contributed by atoms with E-state index in [9.17, 15) is 0 Å². The van der Waals surface area contributed by atoms with Crippen molar-refractivity contribution in [3.05, 3.63) is 29.8 Å². The van der Waals surface area contributed by atoms with Gasteiger partial charge >= 0.3 is 0 Å². The Morgan fingerprint density at radius 2 is 1.75 bits per heavy atom. The van der Waals surface area contributed by atoms with Crippen molar-refractivity contribution < 1.29 is 4.52 Å². The Morgan fingerprint density at radius 3 is 2.40 bits per heavy atom. The Hall–Kier alpha value is -2.35. The molecule has 1 aliphatic rings. The standard InChI is InChI=1S/C15H16N4O/c16-11-12-5-7-13(8-6-12)14-17-15(18-20-14)19-9-3-1-2-4-10-19/h5-8H,1-4,9-10H2. The Kier molecular flexibility index (Phi) is 3.64. The molecule has 102 valence electrons. The molecule has 5 heteroatoms. The molecule has 1 saturated heterocycles. The molecule has 0 unspecified atom stereocenters. The summed E-state index contributed by atoms with van der Waals surface area (Å²) >= 11 is 0. The molecule has 2 heterocycles. The van der Waals surface area contributed by atoms with E-state index in [2.05, 4.69) is 21.1 Å². The van der Waals surface area contributed by atoms with Crippen molar-refractivity contribution in [3.8, 4) is 17.5 Å². The van der Waals surface area contributed by atoms with Crippen LogP contribution in [0.2, 0.25) is 0 Å². The lowest BCUT2D eigenvalue weighted by atomic mass is 10.1. The molecule has 1 aromatic heterocycles. The van der Waals surface area contributed by atoms with Crippen LogP contribution < -0.4 is 4.90 Å². The molecular weight excluding hydrogens is 252 g/mol. The quantitative estimate of drug-likeness (QED) is 0.837. The molecule has 1 fully saturated rings. The molecule has 0 amide bonds. The van der Waals surface area contributed by atoms with Gasteiger partial charge in [0.15, 0.2) is 0 Å². The second-order valence-electron chi connectivity index (χ2n) is 4.99. The van der Waals surface area contributed by atoms with E-state index in [1.807, 2.05) is 12.1 Å². The van der Waals surface area contributed by atoms with Gasteiger partial charge in [0.05, 0.1) is 11.6 Å². The van der Waals surface area contributed by atoms with E-state index in [1.54, 1.807) is 12.1 Å². The average Bonchev–Trinajstić information content (AvgIpc) is 2.83. The van der Waals surface area contributed by atoms with Gasteiger partial charge in [-0.05, 0) is 42.3 Å². The molecule has 0 atom stereocenters. The van der Waals surface area contributed by atoms with Gasteiger partial charge in [0.2, 0.25) is 0 Å². The molecule has 2 aromatic rings. The minimum absolute atomic E-state index is 0.508. The molecule has 0 spiro atoms. The van der Waals surface area contributed by atoms with E-state index in [1.165, 1.54) is 25.7 Å². The highest BCUT2D eigenvalue weighted by atomic mass is 16.5. The number of aromatic nitrogens is 2. The van der Waals surface area contributed by atoms with Crippen LogP contribution in [0.25, 0.3) is 11.5 Å². The van der Waals surface area contributed by atoms with Crippen LogP contribution in [0, 0.1) is 11.3 Å². The van der Waals surface area contributed by atoms with Crippen LogP contribution in [0.4, 0.5) is 5.95 Å². The number of benzene rings is 1. The molecule has 0 N–H and O–H groups in total. The minimum atomic E-state index is 0.508. The third-order valence-electron chi connectivity index (χ3n) is 3.57. The monoisotopic (exact) mass is 268 g/mol. The molecular formula is C15H16N4O. The van der Waals surface area contributed by atoms with E-state index >= 15 is 0 Å². The van der Waals surface area contributed by atoms with Crippen molar-refractivity contribution in [2.24, 2.45) is 0 Å². The highest BCUT2D eigenvalue weighted by molar-refractivity contribution is 5.56. The lowest BCUT2D eigenvalue weighted by molar-refractivity contribution is 0.429. The minimum Gasteiger partial charge on any atom is -0.338 e. The average molecular weight is 268 g/mol. The Balaban J connectivity index is 1.80. The number of nitrogens with zero attached hydrogens (tertiary/aromatic N) is 4. The van der Waals surface area contributed by atoms with Crippen molar-refractivity contribution in [1.82, 2.24) is 10.1 Å². The molecule has 0 aliphatic carbocycles. The molecule has 1 aliphatic heterocycles. The zero-order valence-corrected chi connectivity index (χ0v) is 11.2. The third kappa shape index (κ3) is 2.64. The van der Waals surface area contributed by atoms with Gasteiger partial charge in [-0.3, -0.25) is 0 Å². The predicted octanol–water partition coefficient (Wildman–Crippen LogP) is 2.99. The summed E-state index contributed by atoms with van der Waals surface area (Å²) in [6, 6.07) is 9.27. The topological polar surface area (TPSA) is 66.0 Å². The predicted molar refractivity (Wildman–Crippen MR) is 75.1 cm³/mol. The van der Waals surface area contributed by atoms with Gasteiger partial charge in [-0.1, -0.05) is 12.8 Å². The SMILES string of the molecule is N#Cc1ccc(-c2nc(N3CCCCCC3)no2)cc1. The summed E-state index contributed by atoms with van der Waals surface area (Å²) < 4.78 is 5.33. The first-order valence-electron chi connectivity index (χ1n) is 6.96. The Labute approximate surface area is 117 Å². The normalized spacial score (nSPS) is 15.7. The fourth-order valence-electron chi connectivity index (χ4n) is 2.42. The van der Waals surface area contributed by atoms with Gasteiger partial charge in [0.25, 0.3) is 11.8 Å². The summed E-state index contributed by atoms with van der Waals surface area (Å²) in [4.78, 5) is 6.65. The van der Waals surface area contributed by atoms with Gasteiger partial charge in [-0.15, -0.1) is 0 Å².